The van der Waals surface area contributed by atoms with Gasteiger partial charge in [-0.25, -0.2) is 13.1 Å². The van der Waals surface area contributed by atoms with Crippen LogP contribution in [0, 0.1) is 6.92 Å². The van der Waals surface area contributed by atoms with Crippen LogP contribution in [0.25, 0.3) is 0 Å². The van der Waals surface area contributed by atoms with Gasteiger partial charge in [0.25, 0.3) is 0 Å². The second-order valence-corrected chi connectivity index (χ2v) is 9.16. The summed E-state index contributed by atoms with van der Waals surface area (Å²) in [4.78, 5) is 13.6. The van der Waals surface area contributed by atoms with E-state index < -0.39 is 10.0 Å². The van der Waals surface area contributed by atoms with Gasteiger partial charge in [0.05, 0.1) is 10.9 Å². The number of thioether (sulfide) groups is 1. The standard InChI is InChI=1S/C19H22N2O3S2/c1-14-6-8-15(9-7-14)26(23,24)20-12-10-19(22)21-17-11-13-25-18-5-3-2-4-16(17)18/h2-9,17,20H,10-13H2,1H3,(H,21,22). The largest absolute Gasteiger partial charge is 0.349 e. The molecule has 7 heteroatoms. The number of carbonyl (C=O) groups is 1. The highest BCUT2D eigenvalue weighted by Gasteiger charge is 2.22. The van der Waals surface area contributed by atoms with E-state index in [1.54, 1.807) is 36.0 Å². The van der Waals surface area contributed by atoms with Crippen LogP contribution in [0.2, 0.25) is 0 Å². The van der Waals surface area contributed by atoms with Crippen molar-refractivity contribution in [2.75, 3.05) is 12.3 Å². The van der Waals surface area contributed by atoms with Crippen molar-refractivity contribution in [3.8, 4) is 0 Å². The highest BCUT2D eigenvalue weighted by atomic mass is 32.2. The first kappa shape index (κ1) is 18.9. The Morgan fingerprint density at radius 3 is 2.65 bits per heavy atom. The molecule has 0 spiro atoms. The maximum atomic E-state index is 12.2. The van der Waals surface area contributed by atoms with E-state index in [2.05, 4.69) is 16.1 Å². The number of sulfonamides is 1. The lowest BCUT2D eigenvalue weighted by Gasteiger charge is -2.25. The van der Waals surface area contributed by atoms with Crippen molar-refractivity contribution >= 4 is 27.7 Å². The third-order valence-corrected chi connectivity index (χ3v) is 6.87. The van der Waals surface area contributed by atoms with E-state index in [9.17, 15) is 13.2 Å². The lowest BCUT2D eigenvalue weighted by atomic mass is 10.0. The summed E-state index contributed by atoms with van der Waals surface area (Å²) in [6.07, 6.45) is 0.986. The molecule has 1 amide bonds. The molecule has 5 nitrogen and oxygen atoms in total. The summed E-state index contributed by atoms with van der Waals surface area (Å²) in [5.74, 6) is 0.811. The fourth-order valence-electron chi connectivity index (χ4n) is 2.86. The maximum absolute atomic E-state index is 12.2. The van der Waals surface area contributed by atoms with E-state index in [0.29, 0.717) is 0 Å². The fourth-order valence-corrected chi connectivity index (χ4v) is 5.02. The van der Waals surface area contributed by atoms with Crippen LogP contribution in [-0.4, -0.2) is 26.6 Å². The van der Waals surface area contributed by atoms with E-state index in [1.807, 2.05) is 25.1 Å². The van der Waals surface area contributed by atoms with Crippen LogP contribution in [0.4, 0.5) is 0 Å². The number of nitrogens with one attached hydrogen (secondary N) is 2. The minimum Gasteiger partial charge on any atom is -0.349 e. The van der Waals surface area contributed by atoms with E-state index in [0.717, 1.165) is 23.3 Å². The van der Waals surface area contributed by atoms with Crippen LogP contribution in [-0.2, 0) is 14.8 Å². The molecule has 0 aliphatic carbocycles. The Labute approximate surface area is 158 Å². The molecule has 0 saturated carbocycles. The van der Waals surface area contributed by atoms with Gasteiger partial charge < -0.3 is 5.32 Å². The topological polar surface area (TPSA) is 75.3 Å². The van der Waals surface area contributed by atoms with Gasteiger partial charge in [0.2, 0.25) is 15.9 Å². The third kappa shape index (κ3) is 4.66. The van der Waals surface area contributed by atoms with Gasteiger partial charge in [0.15, 0.2) is 0 Å². The Morgan fingerprint density at radius 2 is 1.88 bits per heavy atom. The van der Waals surface area contributed by atoms with Crippen LogP contribution < -0.4 is 10.0 Å². The third-order valence-electron chi connectivity index (χ3n) is 4.27. The molecule has 1 aliphatic rings. The first-order valence-electron chi connectivity index (χ1n) is 8.53. The second kappa shape index (κ2) is 8.24. The van der Waals surface area contributed by atoms with Crippen molar-refractivity contribution in [1.29, 1.82) is 0 Å². The Morgan fingerprint density at radius 1 is 1.15 bits per heavy atom. The van der Waals surface area contributed by atoms with Gasteiger partial charge in [-0.1, -0.05) is 35.9 Å². The molecule has 0 aromatic heterocycles. The molecule has 2 aromatic rings. The van der Waals surface area contributed by atoms with E-state index >= 15 is 0 Å². The van der Waals surface area contributed by atoms with Gasteiger partial charge in [-0.3, -0.25) is 4.79 Å². The van der Waals surface area contributed by atoms with Gasteiger partial charge >= 0.3 is 0 Å². The molecule has 0 radical (unpaired) electrons. The van der Waals surface area contributed by atoms with Gasteiger partial charge in [-0.05, 0) is 37.1 Å². The summed E-state index contributed by atoms with van der Waals surface area (Å²) >= 11 is 1.80. The van der Waals surface area contributed by atoms with Crippen LogP contribution in [0.1, 0.15) is 30.0 Å². The number of benzene rings is 2. The van der Waals surface area contributed by atoms with Crippen molar-refractivity contribution in [3.05, 3.63) is 59.7 Å². The van der Waals surface area contributed by atoms with Crippen LogP contribution in [0.15, 0.2) is 58.3 Å². The summed E-state index contributed by atoms with van der Waals surface area (Å²) in [5.41, 5.74) is 2.13. The quantitative estimate of drug-likeness (QED) is 0.795. The minimum atomic E-state index is -3.59. The molecule has 1 unspecified atom stereocenters. The molecule has 1 atom stereocenters. The molecule has 0 bridgehead atoms. The monoisotopic (exact) mass is 390 g/mol. The predicted molar refractivity (Wildman–Crippen MR) is 104 cm³/mol. The molecule has 26 heavy (non-hydrogen) atoms. The number of aryl methyl sites for hydroxylation is 1. The Bertz CT molecular complexity index is 880. The first-order valence-corrected chi connectivity index (χ1v) is 11.0. The van der Waals surface area contributed by atoms with Crippen LogP contribution >= 0.6 is 11.8 Å². The van der Waals surface area contributed by atoms with Crippen molar-refractivity contribution < 1.29 is 13.2 Å². The van der Waals surface area contributed by atoms with Crippen molar-refractivity contribution in [1.82, 2.24) is 10.0 Å². The van der Waals surface area contributed by atoms with Gasteiger partial charge in [-0.15, -0.1) is 11.8 Å². The zero-order valence-electron chi connectivity index (χ0n) is 14.6. The highest BCUT2D eigenvalue weighted by Crippen LogP contribution is 2.35. The van der Waals surface area contributed by atoms with E-state index in [4.69, 9.17) is 0 Å². The molecule has 138 valence electrons. The summed E-state index contributed by atoms with van der Waals surface area (Å²) in [5, 5.41) is 3.02. The smallest absolute Gasteiger partial charge is 0.240 e. The predicted octanol–water partition coefficient (Wildman–Crippen LogP) is 3.02. The average Bonchev–Trinajstić information content (AvgIpc) is 2.62. The molecular formula is C19H22N2O3S2. The number of fused-ring (bicyclic) bond motifs is 1. The van der Waals surface area contributed by atoms with E-state index in [1.165, 1.54) is 4.90 Å². The summed E-state index contributed by atoms with van der Waals surface area (Å²) in [6.45, 7) is 1.97. The molecule has 0 fully saturated rings. The lowest BCUT2D eigenvalue weighted by molar-refractivity contribution is -0.121. The SMILES string of the molecule is Cc1ccc(S(=O)(=O)NCCC(=O)NC2CCSc3ccccc32)cc1. The highest BCUT2D eigenvalue weighted by molar-refractivity contribution is 7.99. The lowest BCUT2D eigenvalue weighted by Crippen LogP contribution is -2.34. The maximum Gasteiger partial charge on any atom is 0.240 e. The number of hydrogen-bond donors (Lipinski definition) is 2. The minimum absolute atomic E-state index is 0.00587. The molecule has 3 rings (SSSR count). The number of amides is 1. The van der Waals surface area contributed by atoms with Crippen LogP contribution in [0.5, 0.6) is 0 Å². The van der Waals surface area contributed by atoms with Crippen LogP contribution in [0.3, 0.4) is 0 Å². The van der Waals surface area contributed by atoms with Gasteiger partial charge in [-0.2, -0.15) is 0 Å². The molecule has 1 aliphatic heterocycles. The first-order chi connectivity index (χ1) is 12.5. The summed E-state index contributed by atoms with van der Waals surface area (Å²) in [7, 11) is -3.59. The number of rotatable bonds is 6. The Hall–Kier alpha value is -1.83. The molecule has 2 N–H and O–H groups in total. The molecule has 0 saturated heterocycles. The average molecular weight is 391 g/mol. The van der Waals surface area contributed by atoms with Gasteiger partial charge in [0, 0.05) is 23.6 Å². The van der Waals surface area contributed by atoms with Crippen molar-refractivity contribution in [3.63, 3.8) is 0 Å². The second-order valence-electron chi connectivity index (χ2n) is 6.26. The number of carbonyl (C=O) groups excluding carboxylic acids is 1. The molecular weight excluding hydrogens is 368 g/mol. The zero-order valence-corrected chi connectivity index (χ0v) is 16.2. The number of hydrogen-bond acceptors (Lipinski definition) is 4. The van der Waals surface area contributed by atoms with Crippen molar-refractivity contribution in [2.24, 2.45) is 0 Å². The Balaban J connectivity index is 1.53. The van der Waals surface area contributed by atoms with E-state index in [-0.39, 0.29) is 29.8 Å². The Kier molecular flexibility index (Phi) is 6.01. The zero-order chi connectivity index (χ0) is 18.6. The normalized spacial score (nSPS) is 16.7. The molecule has 1 heterocycles. The van der Waals surface area contributed by atoms with Crippen molar-refractivity contribution in [2.45, 2.75) is 35.6 Å². The summed E-state index contributed by atoms with van der Waals surface area (Å²) in [6, 6.07) is 14.7. The summed E-state index contributed by atoms with van der Waals surface area (Å²) < 4.78 is 27.0. The fraction of sp³-hybridized carbons (Fsp3) is 0.316. The van der Waals surface area contributed by atoms with Gasteiger partial charge in [0.1, 0.15) is 0 Å². The molecule has 2 aromatic carbocycles.